The van der Waals surface area contributed by atoms with Crippen molar-refractivity contribution in [1.82, 2.24) is 0 Å². The largest absolute Gasteiger partial charge is 0.324 e. The van der Waals surface area contributed by atoms with Crippen LogP contribution >= 0.6 is 0 Å². The lowest BCUT2D eigenvalue weighted by Crippen LogP contribution is -2.23. The van der Waals surface area contributed by atoms with Crippen molar-refractivity contribution in [2.24, 2.45) is 11.7 Å². The molecule has 48 valence electrons. The number of nitrogens with two attached hydrogens (primary N) is 1. The summed E-state index contributed by atoms with van der Waals surface area (Å²) in [5, 5.41) is 0. The molecule has 0 spiro atoms. The average molecular weight is 113 g/mol. The van der Waals surface area contributed by atoms with Gasteiger partial charge >= 0.3 is 0 Å². The van der Waals surface area contributed by atoms with Gasteiger partial charge in [-0.05, 0) is 12.8 Å². The lowest BCUT2D eigenvalue weighted by Gasteiger charge is -2.08. The Labute approximate surface area is 51.6 Å². The zero-order valence-electron chi connectivity index (χ0n) is 5.89. The molecule has 0 aliphatic heterocycles. The SMILES string of the molecule is CC=CC(N)C(C)C. The van der Waals surface area contributed by atoms with Crippen molar-refractivity contribution in [2.75, 3.05) is 0 Å². The second-order valence-electron chi connectivity index (χ2n) is 2.35. The van der Waals surface area contributed by atoms with Gasteiger partial charge in [-0.3, -0.25) is 0 Å². The van der Waals surface area contributed by atoms with Gasteiger partial charge in [-0.1, -0.05) is 26.0 Å². The van der Waals surface area contributed by atoms with Gasteiger partial charge < -0.3 is 5.73 Å². The third-order valence-corrected chi connectivity index (χ3v) is 1.18. The lowest BCUT2D eigenvalue weighted by molar-refractivity contribution is 0.570. The lowest BCUT2D eigenvalue weighted by atomic mass is 10.1. The quantitative estimate of drug-likeness (QED) is 0.540. The third kappa shape index (κ3) is 2.80. The second-order valence-corrected chi connectivity index (χ2v) is 2.35. The van der Waals surface area contributed by atoms with Crippen LogP contribution in [0.1, 0.15) is 20.8 Å². The van der Waals surface area contributed by atoms with E-state index in [1.165, 1.54) is 0 Å². The van der Waals surface area contributed by atoms with Gasteiger partial charge in [-0.25, -0.2) is 0 Å². The van der Waals surface area contributed by atoms with Gasteiger partial charge in [0.05, 0.1) is 0 Å². The van der Waals surface area contributed by atoms with E-state index in [-0.39, 0.29) is 6.04 Å². The molecular weight excluding hydrogens is 98.1 g/mol. The van der Waals surface area contributed by atoms with Crippen molar-refractivity contribution in [3.8, 4) is 0 Å². The molecule has 0 saturated carbocycles. The Kier molecular flexibility index (Phi) is 3.53. The van der Waals surface area contributed by atoms with E-state index in [1.54, 1.807) is 0 Å². The highest BCUT2D eigenvalue weighted by Gasteiger charge is 1.99. The summed E-state index contributed by atoms with van der Waals surface area (Å²) in [6, 6.07) is 0.236. The van der Waals surface area contributed by atoms with Crippen LogP contribution in [0.4, 0.5) is 0 Å². The molecule has 0 saturated heterocycles. The zero-order valence-corrected chi connectivity index (χ0v) is 5.89. The summed E-state index contributed by atoms with van der Waals surface area (Å²) in [6.07, 6.45) is 4.01. The maximum Gasteiger partial charge on any atom is 0.0247 e. The van der Waals surface area contributed by atoms with Crippen LogP contribution in [0, 0.1) is 5.92 Å². The summed E-state index contributed by atoms with van der Waals surface area (Å²) in [6.45, 7) is 6.22. The number of rotatable bonds is 2. The summed E-state index contributed by atoms with van der Waals surface area (Å²) < 4.78 is 0. The minimum Gasteiger partial charge on any atom is -0.324 e. The van der Waals surface area contributed by atoms with Gasteiger partial charge in [-0.15, -0.1) is 0 Å². The monoisotopic (exact) mass is 113 g/mol. The molecule has 0 bridgehead atoms. The molecular formula is C7H15N. The summed E-state index contributed by atoms with van der Waals surface area (Å²) in [5.74, 6) is 0.561. The first-order valence-corrected chi connectivity index (χ1v) is 3.07. The summed E-state index contributed by atoms with van der Waals surface area (Å²) in [4.78, 5) is 0. The number of hydrogen-bond acceptors (Lipinski definition) is 1. The fraction of sp³-hybridized carbons (Fsp3) is 0.714. The molecule has 2 N–H and O–H groups in total. The van der Waals surface area contributed by atoms with Gasteiger partial charge in [0.2, 0.25) is 0 Å². The minimum atomic E-state index is 0.236. The first-order chi connectivity index (χ1) is 3.68. The van der Waals surface area contributed by atoms with E-state index in [4.69, 9.17) is 5.73 Å². The highest BCUT2D eigenvalue weighted by Crippen LogP contribution is 1.98. The van der Waals surface area contributed by atoms with E-state index in [1.807, 2.05) is 19.1 Å². The molecule has 0 aromatic heterocycles. The Bertz CT molecular complexity index is 74.5. The second kappa shape index (κ2) is 3.67. The number of hydrogen-bond donors (Lipinski definition) is 1. The average Bonchev–Trinajstić information content (AvgIpc) is 1.67. The van der Waals surface area contributed by atoms with Gasteiger partial charge in [0.25, 0.3) is 0 Å². The first-order valence-electron chi connectivity index (χ1n) is 3.07. The standard InChI is InChI=1S/C7H15N/c1-4-5-7(8)6(2)3/h4-7H,8H2,1-3H3. The van der Waals surface area contributed by atoms with E-state index in [0.29, 0.717) is 5.92 Å². The van der Waals surface area contributed by atoms with Crippen molar-refractivity contribution in [2.45, 2.75) is 26.8 Å². The summed E-state index contributed by atoms with van der Waals surface area (Å²) in [5.41, 5.74) is 5.64. The van der Waals surface area contributed by atoms with Crippen molar-refractivity contribution in [3.63, 3.8) is 0 Å². The maximum absolute atomic E-state index is 5.64. The van der Waals surface area contributed by atoms with Crippen molar-refractivity contribution in [1.29, 1.82) is 0 Å². The van der Waals surface area contributed by atoms with Gasteiger partial charge in [0.1, 0.15) is 0 Å². The van der Waals surface area contributed by atoms with Crippen LogP contribution in [0.2, 0.25) is 0 Å². The van der Waals surface area contributed by atoms with Crippen LogP contribution in [0.25, 0.3) is 0 Å². The predicted octanol–water partition coefficient (Wildman–Crippen LogP) is 1.55. The van der Waals surface area contributed by atoms with E-state index < -0.39 is 0 Å². The van der Waals surface area contributed by atoms with E-state index >= 15 is 0 Å². The minimum absolute atomic E-state index is 0.236. The van der Waals surface area contributed by atoms with Gasteiger partial charge in [0.15, 0.2) is 0 Å². The topological polar surface area (TPSA) is 26.0 Å². The molecule has 0 aliphatic carbocycles. The van der Waals surface area contributed by atoms with E-state index in [9.17, 15) is 0 Å². The van der Waals surface area contributed by atoms with Crippen molar-refractivity contribution in [3.05, 3.63) is 12.2 Å². The highest BCUT2D eigenvalue weighted by molar-refractivity contribution is 4.90. The van der Waals surface area contributed by atoms with Crippen LogP contribution in [0.15, 0.2) is 12.2 Å². The van der Waals surface area contributed by atoms with Crippen LogP contribution < -0.4 is 5.73 Å². The van der Waals surface area contributed by atoms with Crippen molar-refractivity contribution < 1.29 is 0 Å². The van der Waals surface area contributed by atoms with Crippen LogP contribution in [-0.4, -0.2) is 6.04 Å². The smallest absolute Gasteiger partial charge is 0.0247 e. The molecule has 0 aromatic carbocycles. The normalized spacial score (nSPS) is 15.6. The molecule has 8 heavy (non-hydrogen) atoms. The van der Waals surface area contributed by atoms with Crippen LogP contribution in [0.5, 0.6) is 0 Å². The summed E-state index contributed by atoms with van der Waals surface area (Å²) in [7, 11) is 0. The molecule has 1 atom stereocenters. The van der Waals surface area contributed by atoms with Crippen molar-refractivity contribution >= 4 is 0 Å². The maximum atomic E-state index is 5.64. The third-order valence-electron chi connectivity index (χ3n) is 1.18. The molecule has 1 nitrogen and oxygen atoms in total. The zero-order chi connectivity index (χ0) is 6.57. The van der Waals surface area contributed by atoms with Crippen LogP contribution in [0.3, 0.4) is 0 Å². The molecule has 0 fully saturated rings. The summed E-state index contributed by atoms with van der Waals surface area (Å²) >= 11 is 0. The number of allylic oxidation sites excluding steroid dienone is 1. The van der Waals surface area contributed by atoms with E-state index in [0.717, 1.165) is 0 Å². The molecule has 0 aliphatic rings. The Hall–Kier alpha value is -0.300. The fourth-order valence-electron chi connectivity index (χ4n) is 0.444. The Morgan fingerprint density at radius 3 is 2.00 bits per heavy atom. The van der Waals surface area contributed by atoms with Gasteiger partial charge in [-0.2, -0.15) is 0 Å². The predicted molar refractivity (Wildman–Crippen MR) is 37.6 cm³/mol. The first kappa shape index (κ1) is 7.70. The fourth-order valence-corrected chi connectivity index (χ4v) is 0.444. The highest BCUT2D eigenvalue weighted by atomic mass is 14.6. The molecule has 0 radical (unpaired) electrons. The molecule has 1 heteroatoms. The van der Waals surface area contributed by atoms with Gasteiger partial charge in [0, 0.05) is 6.04 Å². The molecule has 0 aromatic rings. The Morgan fingerprint density at radius 1 is 1.38 bits per heavy atom. The Balaban J connectivity index is 3.47. The molecule has 0 amide bonds. The molecule has 0 rings (SSSR count). The van der Waals surface area contributed by atoms with E-state index in [2.05, 4.69) is 13.8 Å². The molecule has 1 unspecified atom stereocenters. The van der Waals surface area contributed by atoms with Crippen LogP contribution in [-0.2, 0) is 0 Å². The Morgan fingerprint density at radius 2 is 1.88 bits per heavy atom. The molecule has 0 heterocycles.